The maximum absolute atomic E-state index is 13.0. The van der Waals surface area contributed by atoms with Crippen molar-refractivity contribution >= 4 is 11.8 Å². The molecule has 2 aromatic rings. The minimum atomic E-state index is -0.0682. The zero-order valence-electron chi connectivity index (χ0n) is 15.3. The van der Waals surface area contributed by atoms with E-state index < -0.39 is 0 Å². The van der Waals surface area contributed by atoms with Gasteiger partial charge in [0, 0.05) is 45.0 Å². The number of nitrogens with one attached hydrogen (secondary N) is 1. The summed E-state index contributed by atoms with van der Waals surface area (Å²) >= 11 is 0. The highest BCUT2D eigenvalue weighted by molar-refractivity contribution is 5.93. The summed E-state index contributed by atoms with van der Waals surface area (Å²) in [6, 6.07) is 13.7. The first-order chi connectivity index (χ1) is 13.2. The van der Waals surface area contributed by atoms with Gasteiger partial charge in [0.25, 0.3) is 5.91 Å². The second-order valence-corrected chi connectivity index (χ2v) is 7.25. The third-order valence-electron chi connectivity index (χ3n) is 5.46. The summed E-state index contributed by atoms with van der Waals surface area (Å²) in [4.78, 5) is 27.4. The van der Waals surface area contributed by atoms with Gasteiger partial charge < -0.3 is 19.5 Å². The maximum Gasteiger partial charge on any atom is 0.271 e. The van der Waals surface area contributed by atoms with Crippen molar-refractivity contribution in [1.82, 2.24) is 14.8 Å². The van der Waals surface area contributed by atoms with Gasteiger partial charge >= 0.3 is 0 Å². The van der Waals surface area contributed by atoms with Gasteiger partial charge in [-0.05, 0) is 30.5 Å². The number of carbonyl (C=O) groups is 2. The van der Waals surface area contributed by atoms with Crippen molar-refractivity contribution in [2.24, 2.45) is 5.92 Å². The highest BCUT2D eigenvalue weighted by Gasteiger charge is 2.33. The number of ether oxygens (including phenoxy) is 1. The molecule has 0 aliphatic carbocycles. The Morgan fingerprint density at radius 3 is 2.67 bits per heavy atom. The molecule has 2 aliphatic heterocycles. The lowest BCUT2D eigenvalue weighted by molar-refractivity contribution is -0.128. The van der Waals surface area contributed by atoms with E-state index in [1.54, 1.807) is 0 Å². The first-order valence-corrected chi connectivity index (χ1v) is 9.58. The van der Waals surface area contributed by atoms with Crippen LogP contribution in [0.2, 0.25) is 0 Å². The molecule has 2 amide bonds. The number of benzene rings is 1. The monoisotopic (exact) mass is 367 g/mol. The molecule has 1 N–H and O–H groups in total. The molecule has 142 valence electrons. The molecule has 6 nitrogen and oxygen atoms in total. The molecule has 2 aliphatic rings. The van der Waals surface area contributed by atoms with Crippen LogP contribution in [0, 0.1) is 5.92 Å². The van der Waals surface area contributed by atoms with Gasteiger partial charge in [-0.2, -0.15) is 0 Å². The second-order valence-electron chi connectivity index (χ2n) is 7.25. The Morgan fingerprint density at radius 1 is 1.11 bits per heavy atom. The number of nitrogens with zero attached hydrogens (tertiary/aromatic N) is 2. The third kappa shape index (κ3) is 3.90. The highest BCUT2D eigenvalue weighted by atomic mass is 16.5. The maximum atomic E-state index is 13.0. The predicted octanol–water partition coefficient (Wildman–Crippen LogP) is 2.06. The molecule has 0 saturated carbocycles. The van der Waals surface area contributed by atoms with Crippen molar-refractivity contribution in [3.63, 3.8) is 0 Å². The number of aromatic nitrogens is 1. The molecule has 1 atom stereocenters. The van der Waals surface area contributed by atoms with Crippen molar-refractivity contribution in [3.05, 3.63) is 59.9 Å². The first kappa shape index (κ1) is 17.8. The zero-order valence-corrected chi connectivity index (χ0v) is 15.3. The van der Waals surface area contributed by atoms with Gasteiger partial charge in [0.05, 0.1) is 6.04 Å². The Balaban J connectivity index is 1.47. The van der Waals surface area contributed by atoms with Crippen molar-refractivity contribution < 1.29 is 14.3 Å². The molecule has 1 aromatic heterocycles. The molecule has 1 unspecified atom stereocenters. The van der Waals surface area contributed by atoms with Gasteiger partial charge in [-0.1, -0.05) is 30.3 Å². The van der Waals surface area contributed by atoms with Crippen LogP contribution in [-0.2, 0) is 22.6 Å². The number of carbonyl (C=O) groups excluding carboxylic acids is 2. The van der Waals surface area contributed by atoms with Crippen molar-refractivity contribution in [1.29, 1.82) is 0 Å². The molecule has 0 radical (unpaired) electrons. The van der Waals surface area contributed by atoms with E-state index >= 15 is 0 Å². The molecule has 3 heterocycles. The van der Waals surface area contributed by atoms with Gasteiger partial charge in [-0.3, -0.25) is 9.59 Å². The van der Waals surface area contributed by atoms with E-state index in [2.05, 4.69) is 5.32 Å². The molecule has 6 heteroatoms. The SMILES string of the molecule is O=C(NCC1Cn2cccc2C(=O)N1Cc1ccccc1)C1CCOCC1. The lowest BCUT2D eigenvalue weighted by Crippen LogP contribution is -2.53. The standard InChI is InChI=1S/C21H25N3O3/c25-20(17-8-11-27-12-9-17)22-13-18-15-23-10-4-7-19(23)21(26)24(18)14-16-5-2-1-3-6-16/h1-7,10,17-18H,8-9,11-15H2,(H,22,25). The van der Waals surface area contributed by atoms with E-state index in [-0.39, 0.29) is 23.8 Å². The lowest BCUT2D eigenvalue weighted by Gasteiger charge is -2.37. The molecular weight excluding hydrogens is 342 g/mol. The van der Waals surface area contributed by atoms with Gasteiger partial charge in [0.1, 0.15) is 5.69 Å². The molecule has 27 heavy (non-hydrogen) atoms. The van der Waals surface area contributed by atoms with Crippen molar-refractivity contribution in [2.75, 3.05) is 19.8 Å². The Labute approximate surface area is 159 Å². The summed E-state index contributed by atoms with van der Waals surface area (Å²) in [5.74, 6) is 0.104. The van der Waals surface area contributed by atoms with Crippen LogP contribution >= 0.6 is 0 Å². The van der Waals surface area contributed by atoms with Crippen LogP contribution in [0.5, 0.6) is 0 Å². The molecule has 4 rings (SSSR count). The van der Waals surface area contributed by atoms with E-state index in [0.717, 1.165) is 18.4 Å². The summed E-state index contributed by atoms with van der Waals surface area (Å²) < 4.78 is 7.32. The Kier molecular flexibility index (Phi) is 5.25. The number of fused-ring (bicyclic) bond motifs is 1. The minimum absolute atomic E-state index is 0.0143. The minimum Gasteiger partial charge on any atom is -0.381 e. The van der Waals surface area contributed by atoms with Crippen molar-refractivity contribution in [3.8, 4) is 0 Å². The van der Waals surface area contributed by atoms with Gasteiger partial charge in [-0.25, -0.2) is 0 Å². The van der Waals surface area contributed by atoms with Gasteiger partial charge in [0.2, 0.25) is 5.91 Å². The fourth-order valence-electron chi connectivity index (χ4n) is 3.88. The van der Waals surface area contributed by atoms with Crippen LogP contribution in [0.15, 0.2) is 48.7 Å². The lowest BCUT2D eigenvalue weighted by atomic mass is 9.99. The van der Waals surface area contributed by atoms with Crippen LogP contribution in [-0.4, -0.2) is 47.1 Å². The summed E-state index contributed by atoms with van der Waals surface area (Å²) in [7, 11) is 0. The quantitative estimate of drug-likeness (QED) is 0.880. The van der Waals surface area contributed by atoms with Crippen molar-refractivity contribution in [2.45, 2.75) is 32.0 Å². The third-order valence-corrected chi connectivity index (χ3v) is 5.46. The summed E-state index contributed by atoms with van der Waals surface area (Å²) in [6.45, 7) is 2.99. The predicted molar refractivity (Wildman–Crippen MR) is 101 cm³/mol. The molecule has 0 bridgehead atoms. The van der Waals surface area contributed by atoms with E-state index in [4.69, 9.17) is 4.74 Å². The Morgan fingerprint density at radius 2 is 1.89 bits per heavy atom. The topological polar surface area (TPSA) is 63.6 Å². The average Bonchev–Trinajstić information content (AvgIpc) is 3.19. The molecule has 1 saturated heterocycles. The average molecular weight is 367 g/mol. The molecule has 1 fully saturated rings. The number of hydrogen-bond donors (Lipinski definition) is 1. The first-order valence-electron chi connectivity index (χ1n) is 9.58. The number of rotatable bonds is 5. The van der Waals surface area contributed by atoms with E-state index in [1.807, 2.05) is 58.1 Å². The van der Waals surface area contributed by atoms with Gasteiger partial charge in [0.15, 0.2) is 0 Å². The van der Waals surface area contributed by atoms with Crippen LogP contribution in [0.25, 0.3) is 0 Å². The summed E-state index contributed by atoms with van der Waals surface area (Å²) in [5.41, 5.74) is 1.80. The van der Waals surface area contributed by atoms with E-state index in [0.29, 0.717) is 38.5 Å². The van der Waals surface area contributed by atoms with Crippen LogP contribution in [0.3, 0.4) is 0 Å². The van der Waals surface area contributed by atoms with E-state index in [9.17, 15) is 9.59 Å². The number of amides is 2. The smallest absolute Gasteiger partial charge is 0.271 e. The molecular formula is C21H25N3O3. The second kappa shape index (κ2) is 7.96. The van der Waals surface area contributed by atoms with E-state index in [1.165, 1.54) is 0 Å². The highest BCUT2D eigenvalue weighted by Crippen LogP contribution is 2.21. The fourth-order valence-corrected chi connectivity index (χ4v) is 3.88. The zero-order chi connectivity index (χ0) is 18.6. The van der Waals surface area contributed by atoms with Gasteiger partial charge in [-0.15, -0.1) is 0 Å². The number of hydrogen-bond acceptors (Lipinski definition) is 3. The largest absolute Gasteiger partial charge is 0.381 e. The van der Waals surface area contributed by atoms with Crippen LogP contribution in [0.1, 0.15) is 28.9 Å². The normalized spacial score (nSPS) is 20.4. The van der Waals surface area contributed by atoms with Crippen LogP contribution in [0.4, 0.5) is 0 Å². The Hall–Kier alpha value is -2.60. The molecule has 1 aromatic carbocycles. The van der Waals surface area contributed by atoms with Crippen LogP contribution < -0.4 is 5.32 Å². The molecule has 0 spiro atoms. The summed E-state index contributed by atoms with van der Waals surface area (Å²) in [5, 5.41) is 3.08. The Bertz CT molecular complexity index is 796. The summed E-state index contributed by atoms with van der Waals surface area (Å²) in [6.07, 6.45) is 3.47. The fraction of sp³-hybridized carbons (Fsp3) is 0.429.